The van der Waals surface area contributed by atoms with Crippen molar-refractivity contribution in [3.63, 3.8) is 0 Å². The summed E-state index contributed by atoms with van der Waals surface area (Å²) in [6.45, 7) is 1.21. The number of carboxylic acids is 1. The maximum atomic E-state index is 11.8. The molecule has 13 heteroatoms. The van der Waals surface area contributed by atoms with Crippen LogP contribution in [0.15, 0.2) is 17.6 Å². The Morgan fingerprint density at radius 1 is 1.29 bits per heavy atom. The van der Waals surface area contributed by atoms with Gasteiger partial charge in [0.2, 0.25) is 5.52 Å². The van der Waals surface area contributed by atoms with Crippen molar-refractivity contribution in [2.24, 2.45) is 16.5 Å². The number of amides is 1. The number of methoxy groups -OCH3 is 1. The van der Waals surface area contributed by atoms with Gasteiger partial charge in [-0.25, -0.2) is 14.2 Å². The molecule has 0 aliphatic rings. The van der Waals surface area contributed by atoms with Gasteiger partial charge in [-0.05, 0) is 32.1 Å². The second-order valence-corrected chi connectivity index (χ2v) is 6.73. The van der Waals surface area contributed by atoms with Gasteiger partial charge in [-0.1, -0.05) is 4.98 Å². The number of nitrogens with two attached hydrogens (primary N) is 2. The highest BCUT2D eigenvalue weighted by Gasteiger charge is 2.20. The molecule has 13 nitrogen and oxygen atoms in total. The predicted molar refractivity (Wildman–Crippen MR) is 110 cm³/mol. The standard InChI is InChI=1S/C18H28N8O5/c1-30-15-13-14(22-10-23-15)26(11-24-13)8-3-2-4-9-31-18(29)25-12(16(27)28)6-5-7-21-17(19)20/h10-12H,2-9H2,1H3,(H6,19,20,21,25,27,28,29)/p+1/t12-/m1/s1. The number of aliphatic imine (C=N–C) groups is 1. The number of hydrogen-bond donors (Lipinski definition) is 5. The topological polar surface area (TPSA) is 195 Å². The highest BCUT2D eigenvalue weighted by molar-refractivity contribution is 5.79. The van der Waals surface area contributed by atoms with Crippen LogP contribution < -0.4 is 26.1 Å². The van der Waals surface area contributed by atoms with E-state index in [9.17, 15) is 14.7 Å². The van der Waals surface area contributed by atoms with E-state index in [1.54, 1.807) is 7.11 Å². The molecule has 2 aromatic heterocycles. The van der Waals surface area contributed by atoms with E-state index in [0.29, 0.717) is 18.7 Å². The smallest absolute Gasteiger partial charge is 0.407 e. The minimum atomic E-state index is -1.14. The van der Waals surface area contributed by atoms with Crippen LogP contribution in [-0.4, -0.2) is 64.4 Å². The van der Waals surface area contributed by atoms with Crippen molar-refractivity contribution >= 4 is 29.2 Å². The van der Waals surface area contributed by atoms with Crippen LogP contribution in [0.1, 0.15) is 32.1 Å². The monoisotopic (exact) mass is 437 g/mol. The van der Waals surface area contributed by atoms with Crippen molar-refractivity contribution in [2.45, 2.75) is 44.7 Å². The molecule has 1 amide bonds. The second-order valence-electron chi connectivity index (χ2n) is 6.73. The lowest BCUT2D eigenvalue weighted by molar-refractivity contribution is -0.673. The number of carboxylic acid groups (broad SMARTS) is 1. The zero-order valence-electron chi connectivity index (χ0n) is 17.4. The number of rotatable bonds is 13. The molecule has 0 spiro atoms. The molecule has 0 aliphatic heterocycles. The lowest BCUT2D eigenvalue weighted by Crippen LogP contribution is -2.41. The maximum Gasteiger partial charge on any atom is 0.407 e. The van der Waals surface area contributed by atoms with Crippen molar-refractivity contribution in [1.29, 1.82) is 0 Å². The van der Waals surface area contributed by atoms with Gasteiger partial charge < -0.3 is 31.4 Å². The average molecular weight is 437 g/mol. The Hall–Kier alpha value is -3.64. The molecule has 0 aliphatic carbocycles. The summed E-state index contributed by atoms with van der Waals surface area (Å²) in [5.41, 5.74) is 11.9. The highest BCUT2D eigenvalue weighted by Crippen LogP contribution is 2.15. The molecule has 0 aromatic carbocycles. The number of imidazole rings is 1. The van der Waals surface area contributed by atoms with Crippen molar-refractivity contribution in [2.75, 3.05) is 20.3 Å². The first-order chi connectivity index (χ1) is 14.9. The molecular weight excluding hydrogens is 408 g/mol. The number of aromatic amines is 1. The van der Waals surface area contributed by atoms with Gasteiger partial charge in [0.25, 0.3) is 5.88 Å². The Kier molecular flexibility index (Phi) is 9.26. The first-order valence-corrected chi connectivity index (χ1v) is 9.89. The number of aromatic nitrogens is 4. The van der Waals surface area contributed by atoms with Crippen LogP contribution in [-0.2, 0) is 16.1 Å². The number of carbonyl (C=O) groups is 2. The molecule has 0 fully saturated rings. The van der Waals surface area contributed by atoms with Crippen LogP contribution in [0.3, 0.4) is 0 Å². The minimum Gasteiger partial charge on any atom is -0.480 e. The molecule has 31 heavy (non-hydrogen) atoms. The largest absolute Gasteiger partial charge is 0.480 e. The fourth-order valence-electron chi connectivity index (χ4n) is 2.90. The van der Waals surface area contributed by atoms with Crippen LogP contribution in [0.4, 0.5) is 4.79 Å². The highest BCUT2D eigenvalue weighted by atomic mass is 16.5. The van der Waals surface area contributed by atoms with Crippen molar-refractivity contribution < 1.29 is 28.7 Å². The van der Waals surface area contributed by atoms with E-state index >= 15 is 0 Å². The summed E-state index contributed by atoms with van der Waals surface area (Å²) in [4.78, 5) is 38.3. The summed E-state index contributed by atoms with van der Waals surface area (Å²) < 4.78 is 12.2. The number of H-pyrrole nitrogens is 1. The Morgan fingerprint density at radius 2 is 2.10 bits per heavy atom. The first kappa shape index (κ1) is 23.6. The number of hydrogen-bond acceptors (Lipinski definition) is 7. The molecule has 0 saturated carbocycles. The van der Waals surface area contributed by atoms with E-state index in [1.165, 1.54) is 6.33 Å². The summed E-state index contributed by atoms with van der Waals surface area (Å²) in [5, 5.41) is 11.5. The molecule has 2 rings (SSSR count). The molecule has 0 saturated heterocycles. The van der Waals surface area contributed by atoms with E-state index in [0.717, 1.165) is 30.6 Å². The number of nitrogens with zero attached hydrogens (tertiary/aromatic N) is 4. The van der Waals surface area contributed by atoms with Crippen LogP contribution in [0.25, 0.3) is 11.2 Å². The van der Waals surface area contributed by atoms with Crippen molar-refractivity contribution in [3.05, 3.63) is 12.7 Å². The molecule has 7 N–H and O–H groups in total. The number of aryl methyl sites for hydroxylation is 1. The molecule has 2 aromatic rings. The van der Waals surface area contributed by atoms with Crippen molar-refractivity contribution in [1.82, 2.24) is 20.3 Å². The molecule has 0 radical (unpaired) electrons. The van der Waals surface area contributed by atoms with E-state index in [1.807, 2.05) is 10.9 Å². The number of carbonyl (C=O) groups excluding carboxylic acids is 1. The minimum absolute atomic E-state index is 0.0599. The molecule has 0 bridgehead atoms. The number of guanidine groups is 1. The lowest BCUT2D eigenvalue weighted by atomic mass is 10.1. The van der Waals surface area contributed by atoms with Gasteiger partial charge in [0, 0.05) is 6.54 Å². The van der Waals surface area contributed by atoms with Crippen LogP contribution in [0.5, 0.6) is 5.88 Å². The summed E-state index contributed by atoms with van der Waals surface area (Å²) in [5.74, 6) is -0.716. The van der Waals surface area contributed by atoms with Gasteiger partial charge in [0.15, 0.2) is 18.6 Å². The van der Waals surface area contributed by atoms with Gasteiger partial charge in [0.1, 0.15) is 6.04 Å². The fourth-order valence-corrected chi connectivity index (χ4v) is 2.90. The normalized spacial score (nSPS) is 11.6. The van der Waals surface area contributed by atoms with E-state index in [4.69, 9.17) is 20.9 Å². The zero-order valence-corrected chi connectivity index (χ0v) is 17.4. The molecule has 0 unspecified atom stereocenters. The van der Waals surface area contributed by atoms with Gasteiger partial charge >= 0.3 is 17.7 Å². The van der Waals surface area contributed by atoms with Crippen LogP contribution >= 0.6 is 0 Å². The third kappa shape index (κ3) is 7.60. The predicted octanol–water partition coefficient (Wildman–Crippen LogP) is -0.343. The van der Waals surface area contributed by atoms with E-state index in [-0.39, 0.29) is 25.5 Å². The molecular formula is C18H29N8O5+. The Balaban J connectivity index is 1.65. The molecule has 170 valence electrons. The van der Waals surface area contributed by atoms with Crippen molar-refractivity contribution in [3.8, 4) is 5.88 Å². The first-order valence-electron chi connectivity index (χ1n) is 9.89. The number of fused-ring (bicyclic) bond motifs is 1. The summed E-state index contributed by atoms with van der Waals surface area (Å²) in [6, 6.07) is -1.06. The molecule has 1 atom stereocenters. The number of alkyl carbamates (subject to hydrolysis) is 1. The van der Waals surface area contributed by atoms with Crippen LogP contribution in [0.2, 0.25) is 0 Å². The third-order valence-corrected chi connectivity index (χ3v) is 4.43. The van der Waals surface area contributed by atoms with Gasteiger partial charge in [0.05, 0.1) is 20.3 Å². The second kappa shape index (κ2) is 12.1. The summed E-state index contributed by atoms with van der Waals surface area (Å²) in [6.07, 6.45) is 5.41. The summed E-state index contributed by atoms with van der Waals surface area (Å²) in [7, 11) is 1.55. The fraction of sp³-hybridized carbons (Fsp3) is 0.556. The SMILES string of the molecule is COc1ncnc2c1[nH]c[n+]2CCCCCOC(=O)N[C@H](CCCN=C(N)N)C(=O)O. The van der Waals surface area contributed by atoms with E-state index in [2.05, 4.69) is 25.3 Å². The number of aliphatic carboxylic acids is 1. The van der Waals surface area contributed by atoms with Gasteiger partial charge in [-0.2, -0.15) is 4.98 Å². The number of nitrogens with one attached hydrogen (secondary N) is 2. The zero-order chi connectivity index (χ0) is 22.6. The van der Waals surface area contributed by atoms with Gasteiger partial charge in [-0.3, -0.25) is 9.98 Å². The van der Waals surface area contributed by atoms with Crippen LogP contribution in [0, 0.1) is 0 Å². The lowest BCUT2D eigenvalue weighted by Gasteiger charge is -2.14. The van der Waals surface area contributed by atoms with Gasteiger partial charge in [-0.15, -0.1) is 0 Å². The average Bonchev–Trinajstić information content (AvgIpc) is 3.15. The molecule has 2 heterocycles. The number of unbranched alkanes of at least 4 members (excludes halogenated alkanes) is 2. The van der Waals surface area contributed by atoms with E-state index < -0.39 is 18.1 Å². The quantitative estimate of drug-likeness (QED) is 0.120. The number of ether oxygens (including phenoxy) is 2. The Bertz CT molecular complexity index is 896. The Morgan fingerprint density at radius 3 is 2.81 bits per heavy atom. The summed E-state index contributed by atoms with van der Waals surface area (Å²) >= 11 is 0. The third-order valence-electron chi connectivity index (χ3n) is 4.43. The Labute approximate surface area is 178 Å². The maximum absolute atomic E-state index is 11.8.